The number of carbonyl (C=O) groups excluding carboxylic acids is 2. The Kier molecular flexibility index (Phi) is 7.57. The predicted molar refractivity (Wildman–Crippen MR) is 132 cm³/mol. The fraction of sp³-hybridized carbons (Fsp3) is 0.259. The van der Waals surface area contributed by atoms with Crippen LogP contribution in [-0.4, -0.2) is 29.1 Å². The van der Waals surface area contributed by atoms with Crippen LogP contribution in [0.15, 0.2) is 78.9 Å². The summed E-state index contributed by atoms with van der Waals surface area (Å²) < 4.78 is 0. The number of rotatable bonds is 8. The minimum Gasteiger partial charge on any atom is -0.399 e. The molecule has 1 heterocycles. The van der Waals surface area contributed by atoms with Gasteiger partial charge in [0.05, 0.1) is 18.6 Å². The number of nitrogens with one attached hydrogen (secondary N) is 2. The van der Waals surface area contributed by atoms with Gasteiger partial charge in [0.2, 0.25) is 5.91 Å². The Bertz CT molecular complexity index is 1120. The highest BCUT2D eigenvalue weighted by atomic mass is 16.5. The number of benzene rings is 3. The second kappa shape index (κ2) is 11.0. The summed E-state index contributed by atoms with van der Waals surface area (Å²) in [5.74, 6) is -0.646. The van der Waals surface area contributed by atoms with Crippen LogP contribution in [0, 0.1) is 0 Å². The molecule has 0 aliphatic carbocycles. The van der Waals surface area contributed by atoms with Gasteiger partial charge in [-0.1, -0.05) is 60.7 Å². The number of nitrogens with zero attached hydrogens (tertiary/aromatic N) is 1. The zero-order valence-electron chi connectivity index (χ0n) is 19.0. The summed E-state index contributed by atoms with van der Waals surface area (Å²) in [4.78, 5) is 28.0. The number of aryl methyl sites for hydroxylation is 2. The lowest BCUT2D eigenvalue weighted by molar-refractivity contribution is -0.132. The van der Waals surface area contributed by atoms with Gasteiger partial charge in [0.15, 0.2) is 0 Å². The molecule has 1 aliphatic rings. The van der Waals surface area contributed by atoms with E-state index in [2.05, 4.69) is 5.32 Å². The first-order chi connectivity index (χ1) is 16.5. The molecule has 2 amide bonds. The fourth-order valence-corrected chi connectivity index (χ4v) is 4.41. The number of hydrogen-bond acceptors (Lipinski definition) is 5. The van der Waals surface area contributed by atoms with Gasteiger partial charge >= 0.3 is 0 Å². The van der Waals surface area contributed by atoms with Gasteiger partial charge in [0, 0.05) is 11.4 Å². The lowest BCUT2D eigenvalue weighted by atomic mass is 10.0. The van der Waals surface area contributed by atoms with Gasteiger partial charge in [-0.05, 0) is 60.6 Å². The lowest BCUT2D eigenvalue weighted by Gasteiger charge is -2.28. The van der Waals surface area contributed by atoms with E-state index in [4.69, 9.17) is 5.73 Å². The topological polar surface area (TPSA) is 108 Å². The fourth-order valence-electron chi connectivity index (χ4n) is 4.41. The third-order valence-corrected chi connectivity index (χ3v) is 6.26. The van der Waals surface area contributed by atoms with E-state index in [1.165, 1.54) is 0 Å². The number of nitrogens with two attached hydrogens (primary N) is 1. The van der Waals surface area contributed by atoms with Crippen molar-refractivity contribution in [1.29, 1.82) is 0 Å². The van der Waals surface area contributed by atoms with Crippen molar-refractivity contribution in [3.8, 4) is 0 Å². The third kappa shape index (κ3) is 5.62. The molecule has 0 saturated carbocycles. The zero-order chi connectivity index (χ0) is 23.9. The highest BCUT2D eigenvalue weighted by Crippen LogP contribution is 2.29. The van der Waals surface area contributed by atoms with Crippen LogP contribution >= 0.6 is 0 Å². The van der Waals surface area contributed by atoms with Crippen LogP contribution in [0.5, 0.6) is 0 Å². The van der Waals surface area contributed by atoms with Crippen LogP contribution in [0.3, 0.4) is 0 Å². The first kappa shape index (κ1) is 23.5. The van der Waals surface area contributed by atoms with Crippen molar-refractivity contribution < 1.29 is 14.8 Å². The monoisotopic (exact) mass is 458 g/mol. The molecule has 34 heavy (non-hydrogen) atoms. The van der Waals surface area contributed by atoms with Crippen molar-refractivity contribution >= 4 is 23.2 Å². The number of nitrogen functional groups attached to an aromatic ring is 1. The summed E-state index contributed by atoms with van der Waals surface area (Å²) >= 11 is 0. The van der Waals surface area contributed by atoms with Gasteiger partial charge in [0.1, 0.15) is 0 Å². The SMILES string of the molecule is Nc1ccc(CN2C(=O)[C@@H](N[C@@H](CCc3ccccc3)C(=O)NO)CCc3ccccc32)cc1. The average molecular weight is 459 g/mol. The van der Waals surface area contributed by atoms with E-state index < -0.39 is 18.0 Å². The number of fused-ring (bicyclic) bond motifs is 1. The van der Waals surface area contributed by atoms with Gasteiger partial charge in [-0.15, -0.1) is 0 Å². The molecule has 0 radical (unpaired) electrons. The summed E-state index contributed by atoms with van der Waals surface area (Å²) in [6.07, 6.45) is 2.34. The van der Waals surface area contributed by atoms with E-state index in [0.29, 0.717) is 37.9 Å². The molecular formula is C27H30N4O3. The van der Waals surface area contributed by atoms with Crippen molar-refractivity contribution in [3.05, 3.63) is 95.6 Å². The summed E-state index contributed by atoms with van der Waals surface area (Å²) in [7, 11) is 0. The van der Waals surface area contributed by atoms with Crippen LogP contribution in [0.25, 0.3) is 0 Å². The molecule has 3 aromatic carbocycles. The molecule has 7 heteroatoms. The molecule has 4 rings (SSSR count). The summed E-state index contributed by atoms with van der Waals surface area (Å²) in [5, 5.41) is 12.6. The van der Waals surface area contributed by atoms with Gasteiger partial charge in [-0.2, -0.15) is 0 Å². The van der Waals surface area contributed by atoms with Crippen molar-refractivity contribution in [2.45, 2.75) is 44.3 Å². The quantitative estimate of drug-likeness (QED) is 0.236. The number of carbonyl (C=O) groups is 2. The number of anilines is 2. The van der Waals surface area contributed by atoms with Gasteiger partial charge in [0.25, 0.3) is 5.91 Å². The molecule has 0 spiro atoms. The minimum atomic E-state index is -0.709. The second-order valence-electron chi connectivity index (χ2n) is 8.61. The third-order valence-electron chi connectivity index (χ3n) is 6.26. The smallest absolute Gasteiger partial charge is 0.260 e. The first-order valence-electron chi connectivity index (χ1n) is 11.5. The second-order valence-corrected chi connectivity index (χ2v) is 8.61. The summed E-state index contributed by atoms with van der Waals surface area (Å²) in [6.45, 7) is 0.398. The molecule has 7 nitrogen and oxygen atoms in total. The van der Waals surface area contributed by atoms with Crippen LogP contribution in [0.4, 0.5) is 11.4 Å². The van der Waals surface area contributed by atoms with E-state index >= 15 is 0 Å². The maximum atomic E-state index is 13.7. The highest BCUT2D eigenvalue weighted by Gasteiger charge is 2.33. The number of hydroxylamine groups is 1. The van der Waals surface area contributed by atoms with Gasteiger partial charge in [-0.25, -0.2) is 5.48 Å². The average Bonchev–Trinajstić information content (AvgIpc) is 3.00. The summed E-state index contributed by atoms with van der Waals surface area (Å²) in [6, 6.07) is 23.9. The zero-order valence-corrected chi connectivity index (χ0v) is 19.0. The molecule has 5 N–H and O–H groups in total. The number of para-hydroxylation sites is 1. The van der Waals surface area contributed by atoms with Crippen molar-refractivity contribution in [2.24, 2.45) is 0 Å². The van der Waals surface area contributed by atoms with Crippen LogP contribution < -0.4 is 21.4 Å². The predicted octanol–water partition coefficient (Wildman–Crippen LogP) is 3.21. The van der Waals surface area contributed by atoms with Crippen molar-refractivity contribution in [1.82, 2.24) is 10.8 Å². The molecule has 0 unspecified atom stereocenters. The molecule has 0 bridgehead atoms. The Morgan fingerprint density at radius 2 is 1.71 bits per heavy atom. The summed E-state index contributed by atoms with van der Waals surface area (Å²) in [5.41, 5.74) is 12.3. The largest absolute Gasteiger partial charge is 0.399 e. The van der Waals surface area contributed by atoms with E-state index in [9.17, 15) is 14.8 Å². The van der Waals surface area contributed by atoms with Crippen molar-refractivity contribution in [3.63, 3.8) is 0 Å². The molecule has 3 aromatic rings. The Balaban J connectivity index is 1.56. The standard InChI is InChI=1S/C27H30N4O3/c28-22-14-10-20(11-15-22)18-31-25-9-5-4-8-21(25)13-17-24(27(31)33)29-23(26(32)30-34)16-12-19-6-2-1-3-7-19/h1-11,14-15,23-24,29,34H,12-13,16-18,28H2,(H,30,32)/t23-,24-/m0/s1. The highest BCUT2D eigenvalue weighted by molar-refractivity contribution is 5.99. The van der Waals surface area contributed by atoms with E-state index in [-0.39, 0.29) is 5.91 Å². The van der Waals surface area contributed by atoms with Gasteiger partial charge < -0.3 is 10.6 Å². The molecule has 0 aromatic heterocycles. The Morgan fingerprint density at radius 1 is 1.00 bits per heavy atom. The molecular weight excluding hydrogens is 428 g/mol. The first-order valence-corrected chi connectivity index (χ1v) is 11.5. The maximum absolute atomic E-state index is 13.7. The Morgan fingerprint density at radius 3 is 2.44 bits per heavy atom. The minimum absolute atomic E-state index is 0.0998. The van der Waals surface area contributed by atoms with Gasteiger partial charge in [-0.3, -0.25) is 20.1 Å². The maximum Gasteiger partial charge on any atom is 0.260 e. The molecule has 0 saturated heterocycles. The van der Waals surface area contributed by atoms with Crippen LogP contribution in [0.1, 0.15) is 29.5 Å². The lowest BCUT2D eigenvalue weighted by Crippen LogP contribution is -2.53. The Labute approximate surface area is 199 Å². The molecule has 0 fully saturated rings. The van der Waals surface area contributed by atoms with Crippen LogP contribution in [-0.2, 0) is 29.0 Å². The molecule has 176 valence electrons. The van der Waals surface area contributed by atoms with E-state index in [1.807, 2.05) is 78.9 Å². The molecule has 2 atom stereocenters. The van der Waals surface area contributed by atoms with Crippen LogP contribution in [0.2, 0.25) is 0 Å². The normalized spacial score (nSPS) is 16.4. The van der Waals surface area contributed by atoms with Crippen molar-refractivity contribution in [2.75, 3.05) is 10.6 Å². The van der Waals surface area contributed by atoms with E-state index in [1.54, 1.807) is 10.4 Å². The van der Waals surface area contributed by atoms with E-state index in [0.717, 1.165) is 22.4 Å². The Hall–Kier alpha value is -3.68. The number of amides is 2. The molecule has 1 aliphatic heterocycles. The number of hydrogen-bond donors (Lipinski definition) is 4.